The van der Waals surface area contributed by atoms with Gasteiger partial charge >= 0.3 is 0 Å². The SMILES string of the molecule is COc1ccc(CNC(=O)CC2CCN(CCN(c3ccccc3)c3ccccc3)CC2)cc1. The van der Waals surface area contributed by atoms with Crippen LogP contribution < -0.4 is 15.0 Å². The van der Waals surface area contributed by atoms with Crippen molar-refractivity contribution in [3.05, 3.63) is 90.5 Å². The van der Waals surface area contributed by atoms with E-state index in [1.165, 1.54) is 11.4 Å². The second-order valence-corrected chi connectivity index (χ2v) is 8.94. The lowest BCUT2D eigenvalue weighted by Crippen LogP contribution is -2.39. The Morgan fingerprint density at radius 3 is 2.06 bits per heavy atom. The molecule has 3 aromatic carbocycles. The molecule has 0 unspecified atom stereocenters. The standard InChI is InChI=1S/C29H35N3O2/c1-34-28-14-12-25(13-15-28)23-30-29(33)22-24-16-18-31(19-17-24)20-21-32(26-8-4-2-5-9-26)27-10-6-3-7-11-27/h2-15,24H,16-23H2,1H3,(H,30,33). The molecule has 1 N–H and O–H groups in total. The average Bonchev–Trinajstić information content (AvgIpc) is 2.90. The number of nitrogens with zero attached hydrogens (tertiary/aromatic N) is 2. The van der Waals surface area contributed by atoms with E-state index in [0.717, 1.165) is 50.3 Å². The molecular formula is C29H35N3O2. The molecule has 1 aliphatic rings. The molecule has 0 aliphatic carbocycles. The molecule has 178 valence electrons. The maximum Gasteiger partial charge on any atom is 0.220 e. The fourth-order valence-corrected chi connectivity index (χ4v) is 4.56. The smallest absolute Gasteiger partial charge is 0.220 e. The first-order valence-electron chi connectivity index (χ1n) is 12.2. The molecule has 1 amide bonds. The van der Waals surface area contributed by atoms with Gasteiger partial charge in [-0.2, -0.15) is 0 Å². The Hall–Kier alpha value is -3.31. The number of hydrogen-bond donors (Lipinski definition) is 1. The molecule has 0 saturated carbocycles. The Balaban J connectivity index is 1.21. The van der Waals surface area contributed by atoms with Gasteiger partial charge in [-0.25, -0.2) is 0 Å². The van der Waals surface area contributed by atoms with Gasteiger partial charge in [0.25, 0.3) is 0 Å². The zero-order valence-electron chi connectivity index (χ0n) is 20.0. The van der Waals surface area contributed by atoms with Crippen LogP contribution in [-0.4, -0.2) is 44.1 Å². The first kappa shape index (κ1) is 23.8. The fourth-order valence-electron chi connectivity index (χ4n) is 4.56. The van der Waals surface area contributed by atoms with Gasteiger partial charge in [-0.15, -0.1) is 0 Å². The Bertz CT molecular complexity index is 961. The summed E-state index contributed by atoms with van der Waals surface area (Å²) in [5.74, 6) is 1.44. The van der Waals surface area contributed by atoms with E-state index in [9.17, 15) is 4.79 Å². The number of methoxy groups -OCH3 is 1. The predicted molar refractivity (Wildman–Crippen MR) is 139 cm³/mol. The van der Waals surface area contributed by atoms with E-state index < -0.39 is 0 Å². The van der Waals surface area contributed by atoms with E-state index in [-0.39, 0.29) is 5.91 Å². The number of benzene rings is 3. The molecule has 1 heterocycles. The maximum absolute atomic E-state index is 12.5. The van der Waals surface area contributed by atoms with E-state index in [1.54, 1.807) is 7.11 Å². The molecule has 1 aliphatic heterocycles. The molecule has 5 nitrogen and oxygen atoms in total. The Morgan fingerprint density at radius 2 is 1.50 bits per heavy atom. The van der Waals surface area contributed by atoms with Crippen molar-refractivity contribution in [1.82, 2.24) is 10.2 Å². The Labute approximate surface area is 203 Å². The highest BCUT2D eigenvalue weighted by Gasteiger charge is 2.22. The van der Waals surface area contributed by atoms with Crippen molar-refractivity contribution in [3.8, 4) is 5.75 Å². The molecule has 0 atom stereocenters. The lowest BCUT2D eigenvalue weighted by Gasteiger charge is -2.34. The summed E-state index contributed by atoms with van der Waals surface area (Å²) in [7, 11) is 1.66. The Morgan fingerprint density at radius 1 is 0.912 bits per heavy atom. The highest BCUT2D eigenvalue weighted by molar-refractivity contribution is 5.76. The van der Waals surface area contributed by atoms with E-state index in [4.69, 9.17) is 4.74 Å². The maximum atomic E-state index is 12.5. The minimum atomic E-state index is 0.147. The number of rotatable bonds is 10. The largest absolute Gasteiger partial charge is 0.497 e. The van der Waals surface area contributed by atoms with Gasteiger partial charge in [0.05, 0.1) is 7.11 Å². The summed E-state index contributed by atoms with van der Waals surface area (Å²) < 4.78 is 5.19. The number of hydrogen-bond acceptors (Lipinski definition) is 4. The monoisotopic (exact) mass is 457 g/mol. The number of carbonyl (C=O) groups excluding carboxylic acids is 1. The first-order valence-corrected chi connectivity index (χ1v) is 12.2. The van der Waals surface area contributed by atoms with Crippen molar-refractivity contribution >= 4 is 17.3 Å². The van der Waals surface area contributed by atoms with Gasteiger partial charge in [0.1, 0.15) is 5.75 Å². The van der Waals surface area contributed by atoms with Gasteiger partial charge in [0, 0.05) is 37.4 Å². The van der Waals surface area contributed by atoms with E-state index >= 15 is 0 Å². The van der Waals surface area contributed by atoms with Crippen LogP contribution in [0.25, 0.3) is 0 Å². The molecule has 5 heteroatoms. The van der Waals surface area contributed by atoms with Crippen LogP contribution in [-0.2, 0) is 11.3 Å². The van der Waals surface area contributed by atoms with Crippen LogP contribution in [0.2, 0.25) is 0 Å². The van der Waals surface area contributed by atoms with E-state index in [1.807, 2.05) is 24.3 Å². The normalized spacial score (nSPS) is 14.5. The van der Waals surface area contributed by atoms with Crippen LogP contribution in [0.15, 0.2) is 84.9 Å². The number of anilines is 2. The van der Waals surface area contributed by atoms with Gasteiger partial charge in [-0.3, -0.25) is 4.79 Å². The second kappa shape index (κ2) is 12.2. The number of carbonyl (C=O) groups is 1. The van der Waals surface area contributed by atoms with Crippen LogP contribution in [0, 0.1) is 5.92 Å². The quantitative estimate of drug-likeness (QED) is 0.452. The number of para-hydroxylation sites is 2. The van der Waals surface area contributed by atoms with Gasteiger partial charge in [0.15, 0.2) is 0 Å². The number of nitrogens with one attached hydrogen (secondary N) is 1. The lowest BCUT2D eigenvalue weighted by atomic mass is 9.93. The van der Waals surface area contributed by atoms with Gasteiger partial charge in [-0.1, -0.05) is 48.5 Å². The third-order valence-corrected chi connectivity index (χ3v) is 6.61. The topological polar surface area (TPSA) is 44.8 Å². The van der Waals surface area contributed by atoms with E-state index in [0.29, 0.717) is 18.9 Å². The number of likely N-dealkylation sites (tertiary alicyclic amines) is 1. The molecule has 0 aromatic heterocycles. The minimum Gasteiger partial charge on any atom is -0.497 e. The lowest BCUT2D eigenvalue weighted by molar-refractivity contribution is -0.122. The number of amides is 1. The molecule has 0 spiro atoms. The highest BCUT2D eigenvalue weighted by Crippen LogP contribution is 2.26. The van der Waals surface area contributed by atoms with Crippen LogP contribution in [0.1, 0.15) is 24.8 Å². The predicted octanol–water partition coefficient (Wildman–Crippen LogP) is 5.25. The van der Waals surface area contributed by atoms with Crippen molar-refractivity contribution in [2.24, 2.45) is 5.92 Å². The summed E-state index contributed by atoms with van der Waals surface area (Å²) in [6.07, 6.45) is 2.77. The molecule has 1 saturated heterocycles. The van der Waals surface area contributed by atoms with Gasteiger partial charge < -0.3 is 19.9 Å². The van der Waals surface area contributed by atoms with Crippen LogP contribution in [0.4, 0.5) is 11.4 Å². The average molecular weight is 458 g/mol. The van der Waals surface area contributed by atoms with Crippen LogP contribution in [0.5, 0.6) is 5.75 Å². The minimum absolute atomic E-state index is 0.147. The molecule has 0 bridgehead atoms. The summed E-state index contributed by atoms with van der Waals surface area (Å²) in [5.41, 5.74) is 3.53. The Kier molecular flexibility index (Phi) is 8.58. The molecule has 0 radical (unpaired) electrons. The second-order valence-electron chi connectivity index (χ2n) is 8.94. The van der Waals surface area contributed by atoms with Crippen molar-refractivity contribution < 1.29 is 9.53 Å². The van der Waals surface area contributed by atoms with E-state index in [2.05, 4.69) is 75.8 Å². The van der Waals surface area contributed by atoms with Crippen molar-refractivity contribution in [2.75, 3.05) is 38.2 Å². The van der Waals surface area contributed by atoms with Crippen molar-refractivity contribution in [1.29, 1.82) is 0 Å². The summed E-state index contributed by atoms with van der Waals surface area (Å²) in [6, 6.07) is 29.0. The summed E-state index contributed by atoms with van der Waals surface area (Å²) in [5, 5.41) is 3.07. The van der Waals surface area contributed by atoms with Crippen LogP contribution >= 0.6 is 0 Å². The number of piperidine rings is 1. The fraction of sp³-hybridized carbons (Fsp3) is 0.345. The molecular weight excluding hydrogens is 422 g/mol. The summed E-state index contributed by atoms with van der Waals surface area (Å²) in [4.78, 5) is 17.4. The molecule has 3 aromatic rings. The molecule has 1 fully saturated rings. The zero-order valence-corrected chi connectivity index (χ0v) is 20.0. The van der Waals surface area contributed by atoms with Crippen LogP contribution in [0.3, 0.4) is 0 Å². The van der Waals surface area contributed by atoms with Crippen molar-refractivity contribution in [2.45, 2.75) is 25.8 Å². The third-order valence-electron chi connectivity index (χ3n) is 6.61. The summed E-state index contributed by atoms with van der Waals surface area (Å²) >= 11 is 0. The number of ether oxygens (including phenoxy) is 1. The highest BCUT2D eigenvalue weighted by atomic mass is 16.5. The van der Waals surface area contributed by atoms with Gasteiger partial charge in [0.2, 0.25) is 5.91 Å². The third kappa shape index (κ3) is 6.84. The van der Waals surface area contributed by atoms with Crippen molar-refractivity contribution in [3.63, 3.8) is 0 Å². The molecule has 4 rings (SSSR count). The zero-order chi connectivity index (χ0) is 23.6. The summed E-state index contributed by atoms with van der Waals surface area (Å²) in [6.45, 7) is 4.62. The molecule has 34 heavy (non-hydrogen) atoms. The first-order chi connectivity index (χ1) is 16.7. The van der Waals surface area contributed by atoms with Gasteiger partial charge in [-0.05, 0) is 73.8 Å².